The minimum absolute atomic E-state index is 0.111. The summed E-state index contributed by atoms with van der Waals surface area (Å²) in [5.41, 5.74) is 4.28. The SMILES string of the molecule is Cc1cc(NC(=O)c2cccc3c2CCCN3)ccc1O. The van der Waals surface area contributed by atoms with Crippen LogP contribution in [0.5, 0.6) is 5.75 Å². The second-order valence-corrected chi connectivity index (χ2v) is 5.32. The van der Waals surface area contributed by atoms with Crippen LogP contribution in [0.1, 0.15) is 27.9 Å². The van der Waals surface area contributed by atoms with E-state index in [1.165, 1.54) is 0 Å². The third-order valence-electron chi connectivity index (χ3n) is 3.79. The lowest BCUT2D eigenvalue weighted by atomic mass is 9.97. The zero-order valence-electron chi connectivity index (χ0n) is 11.9. The summed E-state index contributed by atoms with van der Waals surface area (Å²) in [6, 6.07) is 10.8. The topological polar surface area (TPSA) is 61.4 Å². The van der Waals surface area contributed by atoms with E-state index in [4.69, 9.17) is 0 Å². The van der Waals surface area contributed by atoms with E-state index in [1.54, 1.807) is 25.1 Å². The molecule has 0 aliphatic carbocycles. The number of phenolic OH excluding ortho intramolecular Hbond substituents is 1. The molecule has 1 aliphatic heterocycles. The molecular weight excluding hydrogens is 264 g/mol. The smallest absolute Gasteiger partial charge is 0.256 e. The van der Waals surface area contributed by atoms with Gasteiger partial charge < -0.3 is 15.7 Å². The molecule has 3 N–H and O–H groups in total. The molecule has 2 aromatic rings. The summed E-state index contributed by atoms with van der Waals surface area (Å²) in [6.45, 7) is 2.76. The van der Waals surface area contributed by atoms with Crippen LogP contribution in [0.2, 0.25) is 0 Å². The molecule has 1 aliphatic rings. The van der Waals surface area contributed by atoms with Crippen LogP contribution in [0, 0.1) is 6.92 Å². The number of aryl methyl sites for hydroxylation is 1. The van der Waals surface area contributed by atoms with Crippen molar-refractivity contribution in [3.8, 4) is 5.75 Å². The molecular formula is C17H18N2O2. The number of anilines is 2. The Balaban J connectivity index is 1.87. The molecule has 0 atom stereocenters. The summed E-state index contributed by atoms with van der Waals surface area (Å²) in [4.78, 5) is 12.5. The largest absolute Gasteiger partial charge is 0.508 e. The van der Waals surface area contributed by atoms with Crippen LogP contribution in [0.25, 0.3) is 0 Å². The Labute approximate surface area is 123 Å². The van der Waals surface area contributed by atoms with Gasteiger partial charge in [0.1, 0.15) is 5.75 Å². The summed E-state index contributed by atoms with van der Waals surface area (Å²) in [5.74, 6) is 0.120. The lowest BCUT2D eigenvalue weighted by molar-refractivity contribution is 0.102. The van der Waals surface area contributed by atoms with Gasteiger partial charge in [0.15, 0.2) is 0 Å². The Kier molecular flexibility index (Phi) is 3.52. The van der Waals surface area contributed by atoms with Gasteiger partial charge in [0.05, 0.1) is 0 Å². The first-order valence-electron chi connectivity index (χ1n) is 7.12. The van der Waals surface area contributed by atoms with E-state index < -0.39 is 0 Å². The summed E-state index contributed by atoms with van der Waals surface area (Å²) >= 11 is 0. The average molecular weight is 282 g/mol. The highest BCUT2D eigenvalue weighted by atomic mass is 16.3. The number of hydrogen-bond donors (Lipinski definition) is 3. The van der Waals surface area contributed by atoms with Crippen molar-refractivity contribution in [3.05, 3.63) is 53.1 Å². The molecule has 0 unspecified atom stereocenters. The minimum atomic E-state index is -0.111. The van der Waals surface area contributed by atoms with Crippen molar-refractivity contribution in [1.29, 1.82) is 0 Å². The summed E-state index contributed by atoms with van der Waals surface area (Å²) in [7, 11) is 0. The molecule has 0 radical (unpaired) electrons. The molecule has 1 heterocycles. The van der Waals surface area contributed by atoms with Crippen molar-refractivity contribution in [2.75, 3.05) is 17.2 Å². The van der Waals surface area contributed by atoms with Gasteiger partial charge in [0.25, 0.3) is 5.91 Å². The molecule has 0 saturated carbocycles. The number of carbonyl (C=O) groups excluding carboxylic acids is 1. The lowest BCUT2D eigenvalue weighted by Crippen LogP contribution is -2.19. The first kappa shape index (κ1) is 13.5. The second kappa shape index (κ2) is 5.48. The van der Waals surface area contributed by atoms with Crippen molar-refractivity contribution in [2.24, 2.45) is 0 Å². The van der Waals surface area contributed by atoms with Crippen molar-refractivity contribution < 1.29 is 9.90 Å². The van der Waals surface area contributed by atoms with E-state index >= 15 is 0 Å². The van der Waals surface area contributed by atoms with E-state index in [9.17, 15) is 9.90 Å². The van der Waals surface area contributed by atoms with Crippen LogP contribution in [-0.2, 0) is 6.42 Å². The van der Waals surface area contributed by atoms with E-state index in [1.807, 2.05) is 18.2 Å². The van der Waals surface area contributed by atoms with Crippen LogP contribution in [-0.4, -0.2) is 17.6 Å². The Morgan fingerprint density at radius 1 is 1.29 bits per heavy atom. The molecule has 3 rings (SSSR count). The number of aromatic hydroxyl groups is 1. The Bertz CT molecular complexity index is 695. The molecule has 21 heavy (non-hydrogen) atoms. The maximum Gasteiger partial charge on any atom is 0.256 e. The van der Waals surface area contributed by atoms with Gasteiger partial charge in [0, 0.05) is 23.5 Å². The zero-order valence-corrected chi connectivity index (χ0v) is 11.9. The van der Waals surface area contributed by atoms with E-state index in [-0.39, 0.29) is 11.7 Å². The summed E-state index contributed by atoms with van der Waals surface area (Å²) in [5, 5.41) is 15.8. The van der Waals surface area contributed by atoms with Gasteiger partial charge >= 0.3 is 0 Å². The quantitative estimate of drug-likeness (QED) is 0.741. The lowest BCUT2D eigenvalue weighted by Gasteiger charge is -2.20. The highest BCUT2D eigenvalue weighted by Crippen LogP contribution is 2.26. The van der Waals surface area contributed by atoms with Crippen LogP contribution >= 0.6 is 0 Å². The molecule has 0 fully saturated rings. The predicted octanol–water partition coefficient (Wildman–Crippen LogP) is 3.31. The van der Waals surface area contributed by atoms with E-state index in [0.29, 0.717) is 11.3 Å². The fourth-order valence-corrected chi connectivity index (χ4v) is 2.65. The van der Waals surface area contributed by atoms with Crippen molar-refractivity contribution in [3.63, 3.8) is 0 Å². The average Bonchev–Trinajstić information content (AvgIpc) is 2.50. The zero-order chi connectivity index (χ0) is 14.8. The Morgan fingerprint density at radius 3 is 2.95 bits per heavy atom. The van der Waals surface area contributed by atoms with E-state index in [0.717, 1.165) is 36.2 Å². The van der Waals surface area contributed by atoms with Gasteiger partial charge in [-0.15, -0.1) is 0 Å². The van der Waals surface area contributed by atoms with Crippen LogP contribution in [0.4, 0.5) is 11.4 Å². The van der Waals surface area contributed by atoms with Crippen molar-refractivity contribution >= 4 is 17.3 Å². The van der Waals surface area contributed by atoms with Crippen LogP contribution < -0.4 is 10.6 Å². The standard InChI is InChI=1S/C17H18N2O2/c1-11-10-12(7-8-16(11)20)19-17(21)14-4-2-6-15-13(14)5-3-9-18-15/h2,4,6-8,10,18,20H,3,5,9H2,1H3,(H,19,21). The molecule has 0 saturated heterocycles. The molecule has 0 bridgehead atoms. The highest BCUT2D eigenvalue weighted by Gasteiger charge is 2.17. The number of nitrogens with one attached hydrogen (secondary N) is 2. The second-order valence-electron chi connectivity index (χ2n) is 5.32. The number of amides is 1. The Hall–Kier alpha value is -2.49. The fourth-order valence-electron chi connectivity index (χ4n) is 2.65. The number of hydrogen-bond acceptors (Lipinski definition) is 3. The summed E-state index contributed by atoms with van der Waals surface area (Å²) < 4.78 is 0. The van der Waals surface area contributed by atoms with Gasteiger partial charge in [-0.3, -0.25) is 4.79 Å². The molecule has 4 nitrogen and oxygen atoms in total. The first-order chi connectivity index (χ1) is 10.1. The number of benzene rings is 2. The molecule has 0 aromatic heterocycles. The molecule has 1 amide bonds. The minimum Gasteiger partial charge on any atom is -0.508 e. The highest BCUT2D eigenvalue weighted by molar-refractivity contribution is 6.06. The van der Waals surface area contributed by atoms with Gasteiger partial charge in [-0.2, -0.15) is 0 Å². The van der Waals surface area contributed by atoms with Crippen LogP contribution in [0.3, 0.4) is 0 Å². The van der Waals surface area contributed by atoms with Gasteiger partial charge in [-0.1, -0.05) is 6.07 Å². The van der Waals surface area contributed by atoms with Gasteiger partial charge in [-0.05, 0) is 61.2 Å². The third-order valence-corrected chi connectivity index (χ3v) is 3.79. The number of rotatable bonds is 2. The molecule has 4 heteroatoms. The fraction of sp³-hybridized carbons (Fsp3) is 0.235. The number of fused-ring (bicyclic) bond motifs is 1. The maximum absolute atomic E-state index is 12.5. The molecule has 0 spiro atoms. The third kappa shape index (κ3) is 2.70. The first-order valence-corrected chi connectivity index (χ1v) is 7.12. The van der Waals surface area contributed by atoms with Crippen molar-refractivity contribution in [2.45, 2.75) is 19.8 Å². The van der Waals surface area contributed by atoms with Crippen molar-refractivity contribution in [1.82, 2.24) is 0 Å². The van der Waals surface area contributed by atoms with Gasteiger partial charge in [0.2, 0.25) is 0 Å². The molecule has 108 valence electrons. The van der Waals surface area contributed by atoms with Gasteiger partial charge in [-0.25, -0.2) is 0 Å². The maximum atomic E-state index is 12.5. The van der Waals surface area contributed by atoms with Crippen LogP contribution in [0.15, 0.2) is 36.4 Å². The normalized spacial score (nSPS) is 13.2. The predicted molar refractivity (Wildman–Crippen MR) is 84.0 cm³/mol. The molecule has 2 aromatic carbocycles. The van der Waals surface area contributed by atoms with E-state index in [2.05, 4.69) is 10.6 Å². The number of carbonyl (C=O) groups is 1. The Morgan fingerprint density at radius 2 is 2.14 bits per heavy atom. The summed E-state index contributed by atoms with van der Waals surface area (Å²) in [6.07, 6.45) is 1.95. The number of phenols is 1. The monoisotopic (exact) mass is 282 g/mol.